The van der Waals surface area contributed by atoms with Gasteiger partial charge in [0, 0.05) is 25.0 Å². The normalized spacial score (nSPS) is 18.1. The molecular formula is C15H24N2O. The third kappa shape index (κ3) is 3.45. The zero-order valence-electron chi connectivity index (χ0n) is 11.6. The minimum Gasteiger partial charge on any atom is -0.357 e. The van der Waals surface area contributed by atoms with Crippen LogP contribution in [-0.2, 0) is 7.05 Å². The topological polar surface area (TPSA) is 25.2 Å². The molecule has 100 valence electrons. The molecule has 0 N–H and O–H groups in total. The van der Waals surface area contributed by atoms with E-state index in [0.717, 1.165) is 24.6 Å². The molecule has 2 rings (SSSR count). The quantitative estimate of drug-likeness (QED) is 0.749. The summed E-state index contributed by atoms with van der Waals surface area (Å²) in [6.07, 6.45) is 8.99. The van der Waals surface area contributed by atoms with E-state index in [9.17, 15) is 4.79 Å². The number of piperidine rings is 1. The van der Waals surface area contributed by atoms with Crippen molar-refractivity contribution < 1.29 is 4.79 Å². The van der Waals surface area contributed by atoms with E-state index in [0.29, 0.717) is 6.54 Å². The molecule has 0 radical (unpaired) electrons. The van der Waals surface area contributed by atoms with Crippen LogP contribution in [0.2, 0.25) is 0 Å². The molecule has 18 heavy (non-hydrogen) atoms. The molecule has 0 aromatic carbocycles. The molecule has 1 aliphatic rings. The highest BCUT2D eigenvalue weighted by molar-refractivity contribution is 5.97. The van der Waals surface area contributed by atoms with Crippen molar-refractivity contribution in [2.45, 2.75) is 32.6 Å². The number of aromatic nitrogens is 1. The molecule has 0 aliphatic carbocycles. The molecule has 0 bridgehead atoms. The third-order valence-corrected chi connectivity index (χ3v) is 3.93. The van der Waals surface area contributed by atoms with Gasteiger partial charge < -0.3 is 4.57 Å². The van der Waals surface area contributed by atoms with E-state index in [4.69, 9.17) is 0 Å². The standard InChI is InChI=1S/C15H24N2O/c1-3-4-13-5-9-17(10-6-13)12-15(18)14-7-8-16(2)11-14/h7-8,11,13H,3-6,9-10,12H2,1-2H3. The Morgan fingerprint density at radius 1 is 1.39 bits per heavy atom. The maximum atomic E-state index is 12.1. The number of carbonyl (C=O) groups is 1. The van der Waals surface area contributed by atoms with Crippen molar-refractivity contribution in [1.82, 2.24) is 9.47 Å². The van der Waals surface area contributed by atoms with Gasteiger partial charge >= 0.3 is 0 Å². The molecule has 0 unspecified atom stereocenters. The van der Waals surface area contributed by atoms with Crippen LogP contribution < -0.4 is 0 Å². The first-order valence-corrected chi connectivity index (χ1v) is 7.06. The van der Waals surface area contributed by atoms with Crippen molar-refractivity contribution in [3.8, 4) is 0 Å². The van der Waals surface area contributed by atoms with E-state index in [1.165, 1.54) is 25.7 Å². The number of aryl methyl sites for hydroxylation is 1. The van der Waals surface area contributed by atoms with Crippen molar-refractivity contribution in [1.29, 1.82) is 0 Å². The van der Waals surface area contributed by atoms with Gasteiger partial charge in [-0.1, -0.05) is 19.8 Å². The highest BCUT2D eigenvalue weighted by Crippen LogP contribution is 2.21. The Kier molecular flexibility index (Phi) is 4.59. The number of hydrogen-bond acceptors (Lipinski definition) is 2. The SMILES string of the molecule is CCCC1CCN(CC(=O)c2ccn(C)c2)CC1. The highest BCUT2D eigenvalue weighted by Gasteiger charge is 2.20. The van der Waals surface area contributed by atoms with Crippen LogP contribution in [0.15, 0.2) is 18.5 Å². The predicted molar refractivity (Wildman–Crippen MR) is 73.8 cm³/mol. The average Bonchev–Trinajstić information content (AvgIpc) is 2.79. The van der Waals surface area contributed by atoms with Crippen molar-refractivity contribution in [3.05, 3.63) is 24.0 Å². The van der Waals surface area contributed by atoms with E-state index < -0.39 is 0 Å². The minimum absolute atomic E-state index is 0.254. The molecule has 1 fully saturated rings. The van der Waals surface area contributed by atoms with Gasteiger partial charge in [0.15, 0.2) is 5.78 Å². The number of rotatable bonds is 5. The Labute approximate surface area is 110 Å². The Morgan fingerprint density at radius 2 is 2.11 bits per heavy atom. The summed E-state index contributed by atoms with van der Waals surface area (Å²) in [7, 11) is 1.95. The first-order valence-electron chi connectivity index (χ1n) is 7.06. The minimum atomic E-state index is 0.254. The second-order valence-corrected chi connectivity index (χ2v) is 5.50. The van der Waals surface area contributed by atoms with E-state index in [1.54, 1.807) is 0 Å². The van der Waals surface area contributed by atoms with Crippen LogP contribution in [0.25, 0.3) is 0 Å². The van der Waals surface area contributed by atoms with E-state index in [2.05, 4.69) is 11.8 Å². The number of ketones is 1. The summed E-state index contributed by atoms with van der Waals surface area (Å²) in [6.45, 7) is 5.01. The maximum Gasteiger partial charge on any atom is 0.178 e. The summed E-state index contributed by atoms with van der Waals surface area (Å²) in [4.78, 5) is 14.4. The summed E-state index contributed by atoms with van der Waals surface area (Å²) in [5.41, 5.74) is 0.841. The molecule has 3 nitrogen and oxygen atoms in total. The smallest absolute Gasteiger partial charge is 0.178 e. The highest BCUT2D eigenvalue weighted by atomic mass is 16.1. The number of likely N-dealkylation sites (tertiary alicyclic amines) is 1. The van der Waals surface area contributed by atoms with Crippen LogP contribution in [0.1, 0.15) is 43.0 Å². The summed E-state index contributed by atoms with van der Waals surface area (Å²) < 4.78 is 1.93. The van der Waals surface area contributed by atoms with Gasteiger partial charge in [-0.2, -0.15) is 0 Å². The fourth-order valence-electron chi connectivity index (χ4n) is 2.80. The fourth-order valence-corrected chi connectivity index (χ4v) is 2.80. The second kappa shape index (κ2) is 6.19. The van der Waals surface area contributed by atoms with Crippen molar-refractivity contribution >= 4 is 5.78 Å². The molecule has 0 spiro atoms. The van der Waals surface area contributed by atoms with Gasteiger partial charge in [-0.25, -0.2) is 0 Å². The molecule has 0 amide bonds. The van der Waals surface area contributed by atoms with Gasteiger partial charge in [-0.05, 0) is 37.9 Å². The molecular weight excluding hydrogens is 224 g/mol. The molecule has 0 atom stereocenters. The Balaban J connectivity index is 1.79. The monoisotopic (exact) mass is 248 g/mol. The Hall–Kier alpha value is -1.09. The summed E-state index contributed by atoms with van der Waals surface area (Å²) in [5.74, 6) is 1.14. The van der Waals surface area contributed by atoms with Crippen molar-refractivity contribution in [2.24, 2.45) is 13.0 Å². The van der Waals surface area contributed by atoms with Gasteiger partial charge in [0.1, 0.15) is 0 Å². The van der Waals surface area contributed by atoms with Crippen LogP contribution in [-0.4, -0.2) is 34.9 Å². The Bertz CT molecular complexity index is 389. The van der Waals surface area contributed by atoms with Crippen molar-refractivity contribution in [2.75, 3.05) is 19.6 Å². The fraction of sp³-hybridized carbons (Fsp3) is 0.667. The molecule has 1 aromatic rings. The van der Waals surface area contributed by atoms with Gasteiger partial charge in [0.2, 0.25) is 0 Å². The number of Topliss-reactive ketones (excluding diaryl/α,β-unsaturated/α-hetero) is 1. The van der Waals surface area contributed by atoms with Crippen LogP contribution in [0, 0.1) is 5.92 Å². The van der Waals surface area contributed by atoms with Crippen LogP contribution in [0.4, 0.5) is 0 Å². The largest absolute Gasteiger partial charge is 0.357 e. The molecule has 1 aliphatic heterocycles. The summed E-state index contributed by atoms with van der Waals surface area (Å²) in [5, 5.41) is 0. The average molecular weight is 248 g/mol. The molecule has 1 saturated heterocycles. The number of nitrogens with zero attached hydrogens (tertiary/aromatic N) is 2. The number of hydrogen-bond donors (Lipinski definition) is 0. The first kappa shape index (κ1) is 13.3. The lowest BCUT2D eigenvalue weighted by Crippen LogP contribution is -2.37. The molecule has 2 heterocycles. The Morgan fingerprint density at radius 3 is 2.67 bits per heavy atom. The summed E-state index contributed by atoms with van der Waals surface area (Å²) in [6, 6.07) is 1.91. The first-order chi connectivity index (χ1) is 8.69. The van der Waals surface area contributed by atoms with Crippen LogP contribution in [0.5, 0.6) is 0 Å². The zero-order valence-corrected chi connectivity index (χ0v) is 11.6. The van der Waals surface area contributed by atoms with Gasteiger partial charge in [-0.3, -0.25) is 9.69 Å². The predicted octanol–water partition coefficient (Wildman–Crippen LogP) is 2.72. The maximum absolute atomic E-state index is 12.1. The molecule has 1 aromatic heterocycles. The van der Waals surface area contributed by atoms with Gasteiger partial charge in [0.25, 0.3) is 0 Å². The van der Waals surface area contributed by atoms with E-state index in [-0.39, 0.29) is 5.78 Å². The van der Waals surface area contributed by atoms with Gasteiger partial charge in [0.05, 0.1) is 6.54 Å². The molecule has 3 heteroatoms. The zero-order chi connectivity index (χ0) is 13.0. The lowest BCUT2D eigenvalue weighted by Gasteiger charge is -2.31. The lowest BCUT2D eigenvalue weighted by atomic mass is 9.92. The lowest BCUT2D eigenvalue weighted by molar-refractivity contribution is 0.0893. The van der Waals surface area contributed by atoms with Gasteiger partial charge in [-0.15, -0.1) is 0 Å². The second-order valence-electron chi connectivity index (χ2n) is 5.50. The molecule has 0 saturated carbocycles. The van der Waals surface area contributed by atoms with Crippen LogP contribution >= 0.6 is 0 Å². The van der Waals surface area contributed by atoms with Crippen molar-refractivity contribution in [3.63, 3.8) is 0 Å². The van der Waals surface area contributed by atoms with E-state index >= 15 is 0 Å². The number of carbonyl (C=O) groups excluding carboxylic acids is 1. The third-order valence-electron chi connectivity index (χ3n) is 3.93. The van der Waals surface area contributed by atoms with Crippen LogP contribution in [0.3, 0.4) is 0 Å². The van der Waals surface area contributed by atoms with E-state index in [1.807, 2.05) is 30.1 Å². The summed E-state index contributed by atoms with van der Waals surface area (Å²) >= 11 is 0.